The number of rotatable bonds is 6. The fraction of sp³-hybridized carbons (Fsp3) is 0.538. The Balaban J connectivity index is 2.84. The number of carbonyl (C=O) groups is 2. The molecule has 1 rings (SSSR count). The SMILES string of the molecule is COC(=O)CO/N=C(\C(=O)OCC(C)(C)C)c1csc(N)n1. The van der Waals surface area contributed by atoms with E-state index in [0.29, 0.717) is 0 Å². The van der Waals surface area contributed by atoms with Gasteiger partial charge >= 0.3 is 11.9 Å². The molecule has 9 heteroatoms. The normalized spacial score (nSPS) is 11.9. The van der Waals surface area contributed by atoms with E-state index < -0.39 is 18.5 Å². The van der Waals surface area contributed by atoms with Crippen LogP contribution in [-0.2, 0) is 23.9 Å². The molecule has 0 saturated carbocycles. The van der Waals surface area contributed by atoms with Crippen molar-refractivity contribution in [3.05, 3.63) is 11.1 Å². The molecule has 2 N–H and O–H groups in total. The molecule has 0 aliphatic rings. The second-order valence-corrected chi connectivity index (χ2v) is 6.39. The molecule has 0 aliphatic heterocycles. The minimum Gasteiger partial charge on any atom is -0.466 e. The Morgan fingerprint density at radius 2 is 2.09 bits per heavy atom. The Labute approximate surface area is 132 Å². The first kappa shape index (κ1) is 17.9. The number of ether oxygens (including phenoxy) is 2. The fourth-order valence-corrected chi connectivity index (χ4v) is 1.69. The zero-order valence-corrected chi connectivity index (χ0v) is 13.7. The number of nitrogens with zero attached hydrogens (tertiary/aromatic N) is 2. The van der Waals surface area contributed by atoms with Gasteiger partial charge in [0.25, 0.3) is 0 Å². The summed E-state index contributed by atoms with van der Waals surface area (Å²) in [5.74, 6) is -1.32. The minimum absolute atomic E-state index is 0.152. The minimum atomic E-state index is -0.704. The van der Waals surface area contributed by atoms with Crippen LogP contribution in [0.2, 0.25) is 0 Å². The van der Waals surface area contributed by atoms with E-state index >= 15 is 0 Å². The molecule has 0 spiro atoms. The molecule has 0 fully saturated rings. The topological polar surface area (TPSA) is 113 Å². The van der Waals surface area contributed by atoms with E-state index in [1.165, 1.54) is 7.11 Å². The smallest absolute Gasteiger partial charge is 0.362 e. The maximum Gasteiger partial charge on any atom is 0.362 e. The van der Waals surface area contributed by atoms with Gasteiger partial charge < -0.3 is 20.0 Å². The summed E-state index contributed by atoms with van der Waals surface area (Å²) in [4.78, 5) is 31.9. The third-order valence-corrected chi connectivity index (χ3v) is 2.83. The summed E-state index contributed by atoms with van der Waals surface area (Å²) in [5, 5.41) is 5.45. The lowest BCUT2D eigenvalue weighted by molar-refractivity contribution is -0.146. The van der Waals surface area contributed by atoms with Crippen LogP contribution in [0.15, 0.2) is 10.5 Å². The molecule has 0 saturated heterocycles. The number of carbonyl (C=O) groups excluding carboxylic acids is 2. The van der Waals surface area contributed by atoms with E-state index in [1.54, 1.807) is 5.38 Å². The first-order valence-electron chi connectivity index (χ1n) is 6.38. The van der Waals surface area contributed by atoms with Crippen LogP contribution in [0.25, 0.3) is 0 Å². The van der Waals surface area contributed by atoms with Crippen LogP contribution in [0, 0.1) is 5.41 Å². The highest BCUT2D eigenvalue weighted by Gasteiger charge is 2.22. The van der Waals surface area contributed by atoms with Crippen molar-refractivity contribution in [2.45, 2.75) is 20.8 Å². The molecule has 1 aromatic rings. The summed E-state index contributed by atoms with van der Waals surface area (Å²) < 4.78 is 9.59. The predicted octanol–water partition coefficient (Wildman–Crippen LogP) is 1.21. The van der Waals surface area contributed by atoms with Crippen LogP contribution in [-0.4, -0.2) is 43.0 Å². The van der Waals surface area contributed by atoms with Crippen molar-refractivity contribution in [2.75, 3.05) is 26.1 Å². The van der Waals surface area contributed by atoms with Gasteiger partial charge in [-0.25, -0.2) is 14.6 Å². The highest BCUT2D eigenvalue weighted by atomic mass is 32.1. The lowest BCUT2D eigenvalue weighted by atomic mass is 9.99. The number of thiazole rings is 1. The second kappa shape index (κ2) is 7.74. The summed E-state index contributed by atoms with van der Waals surface area (Å²) in [6, 6.07) is 0. The second-order valence-electron chi connectivity index (χ2n) is 5.50. The van der Waals surface area contributed by atoms with Crippen molar-refractivity contribution >= 4 is 34.1 Å². The van der Waals surface area contributed by atoms with Gasteiger partial charge in [0.15, 0.2) is 5.13 Å². The van der Waals surface area contributed by atoms with Crippen LogP contribution in [0.3, 0.4) is 0 Å². The van der Waals surface area contributed by atoms with Crippen LogP contribution < -0.4 is 5.73 Å². The number of anilines is 1. The first-order valence-corrected chi connectivity index (χ1v) is 7.26. The molecule has 22 heavy (non-hydrogen) atoms. The third-order valence-electron chi connectivity index (χ3n) is 2.16. The summed E-state index contributed by atoms with van der Waals surface area (Å²) in [5.41, 5.74) is 5.42. The number of nitrogens with two attached hydrogens (primary N) is 1. The van der Waals surface area contributed by atoms with Crippen molar-refractivity contribution in [3.8, 4) is 0 Å². The molecule has 0 radical (unpaired) electrons. The number of esters is 2. The molecular formula is C13H19N3O5S. The first-order chi connectivity index (χ1) is 10.2. The average Bonchev–Trinajstić information content (AvgIpc) is 2.86. The van der Waals surface area contributed by atoms with Gasteiger partial charge in [0, 0.05) is 5.38 Å². The standard InChI is InChI=1S/C13H19N3O5S/c1-13(2,3)7-20-11(18)10(8-6-22-12(14)15-8)16-21-5-9(17)19-4/h6H,5,7H2,1-4H3,(H2,14,15)/b16-10-. The third kappa shape index (κ3) is 6.08. The summed E-state index contributed by atoms with van der Waals surface area (Å²) in [6.45, 7) is 5.54. The number of methoxy groups -OCH3 is 1. The highest BCUT2D eigenvalue weighted by molar-refractivity contribution is 7.13. The molecule has 0 unspecified atom stereocenters. The van der Waals surface area contributed by atoms with E-state index in [9.17, 15) is 9.59 Å². The van der Waals surface area contributed by atoms with Crippen LogP contribution in [0.4, 0.5) is 5.13 Å². The zero-order chi connectivity index (χ0) is 16.8. The van der Waals surface area contributed by atoms with Gasteiger partial charge in [0.1, 0.15) is 5.69 Å². The van der Waals surface area contributed by atoms with Crippen molar-refractivity contribution < 1.29 is 23.9 Å². The fourth-order valence-electron chi connectivity index (χ4n) is 1.14. The van der Waals surface area contributed by atoms with Crippen LogP contribution in [0.5, 0.6) is 0 Å². The molecule has 1 heterocycles. The van der Waals surface area contributed by atoms with Crippen LogP contribution in [0.1, 0.15) is 26.5 Å². The summed E-state index contributed by atoms with van der Waals surface area (Å²) in [7, 11) is 1.22. The number of hydrogen-bond donors (Lipinski definition) is 1. The number of hydrogen-bond acceptors (Lipinski definition) is 9. The Morgan fingerprint density at radius 3 is 2.59 bits per heavy atom. The van der Waals surface area contributed by atoms with E-state index in [1.807, 2.05) is 20.8 Å². The van der Waals surface area contributed by atoms with E-state index in [0.717, 1.165) is 11.3 Å². The van der Waals surface area contributed by atoms with Gasteiger partial charge in [-0.3, -0.25) is 0 Å². The van der Waals surface area contributed by atoms with Crippen molar-refractivity contribution in [3.63, 3.8) is 0 Å². The lowest BCUT2D eigenvalue weighted by Gasteiger charge is -2.17. The average molecular weight is 329 g/mol. The molecule has 0 aliphatic carbocycles. The van der Waals surface area contributed by atoms with Crippen molar-refractivity contribution in [1.29, 1.82) is 0 Å². The molecule has 8 nitrogen and oxygen atoms in total. The van der Waals surface area contributed by atoms with Gasteiger partial charge in [-0.1, -0.05) is 25.9 Å². The van der Waals surface area contributed by atoms with Gasteiger partial charge in [0.05, 0.1) is 13.7 Å². The molecule has 122 valence electrons. The molecule has 1 aromatic heterocycles. The van der Waals surface area contributed by atoms with Crippen LogP contribution >= 0.6 is 11.3 Å². The Kier molecular flexibility index (Phi) is 6.29. The van der Waals surface area contributed by atoms with E-state index in [-0.39, 0.29) is 28.6 Å². The summed E-state index contributed by atoms with van der Waals surface area (Å²) >= 11 is 1.15. The Hall–Kier alpha value is -2.16. The molecular weight excluding hydrogens is 310 g/mol. The quantitative estimate of drug-likeness (QED) is 0.474. The van der Waals surface area contributed by atoms with Gasteiger partial charge in [-0.05, 0) is 5.41 Å². The molecule has 0 atom stereocenters. The predicted molar refractivity (Wildman–Crippen MR) is 81.4 cm³/mol. The zero-order valence-electron chi connectivity index (χ0n) is 12.9. The monoisotopic (exact) mass is 329 g/mol. The Morgan fingerprint density at radius 1 is 1.41 bits per heavy atom. The highest BCUT2D eigenvalue weighted by Crippen LogP contribution is 2.16. The molecule has 0 aromatic carbocycles. The molecule has 0 bridgehead atoms. The largest absolute Gasteiger partial charge is 0.466 e. The maximum absolute atomic E-state index is 12.1. The van der Waals surface area contributed by atoms with Crippen molar-refractivity contribution in [1.82, 2.24) is 4.98 Å². The number of oxime groups is 1. The van der Waals surface area contributed by atoms with Gasteiger partial charge in [-0.2, -0.15) is 0 Å². The number of nitrogen functional groups attached to an aromatic ring is 1. The maximum atomic E-state index is 12.1. The number of aromatic nitrogens is 1. The summed E-state index contributed by atoms with van der Waals surface area (Å²) in [6.07, 6.45) is 0. The van der Waals surface area contributed by atoms with Gasteiger partial charge in [0.2, 0.25) is 12.3 Å². The van der Waals surface area contributed by atoms with Gasteiger partial charge in [-0.15, -0.1) is 11.3 Å². The molecule has 0 amide bonds. The Bertz CT molecular complexity index is 562. The van der Waals surface area contributed by atoms with E-state index in [2.05, 4.69) is 14.9 Å². The van der Waals surface area contributed by atoms with Crippen molar-refractivity contribution in [2.24, 2.45) is 10.6 Å². The lowest BCUT2D eigenvalue weighted by Crippen LogP contribution is -2.25. The van der Waals surface area contributed by atoms with E-state index in [4.69, 9.17) is 15.3 Å².